The molecular weight excluding hydrogens is 494 g/mol. The average molecular weight is 531 g/mol. The number of rotatable bonds is 4. The minimum absolute atomic E-state index is 0.0867. The van der Waals surface area contributed by atoms with E-state index in [2.05, 4.69) is 128 Å². The summed E-state index contributed by atoms with van der Waals surface area (Å²) in [5, 5.41) is 2.60. The van der Waals surface area contributed by atoms with E-state index in [-0.39, 0.29) is 10.8 Å². The first-order chi connectivity index (χ1) is 16.5. The number of nitrogens with zero attached hydrogens (tertiary/aromatic N) is 3. The Kier molecular flexibility index (Phi) is 5.87. The molecule has 0 aliphatic heterocycles. The highest BCUT2D eigenvalue weighted by molar-refractivity contribution is 9.10. The lowest BCUT2D eigenvalue weighted by Gasteiger charge is -2.19. The van der Waals surface area contributed by atoms with Crippen molar-refractivity contribution in [2.45, 2.75) is 78.7 Å². The molecule has 3 nitrogen and oxygen atoms in total. The second-order valence-electron chi connectivity index (χ2n) is 11.8. The zero-order valence-electron chi connectivity index (χ0n) is 22.0. The molecule has 0 amide bonds. The van der Waals surface area contributed by atoms with E-state index in [1.54, 1.807) is 0 Å². The number of aryl methyl sites for hydroxylation is 1. The lowest BCUT2D eigenvalue weighted by molar-refractivity contribution is 0.590. The van der Waals surface area contributed by atoms with Crippen LogP contribution in [0.4, 0.5) is 0 Å². The third-order valence-electron chi connectivity index (χ3n) is 7.14. The first kappa shape index (κ1) is 24.1. The zero-order chi connectivity index (χ0) is 25.1. The number of halogens is 1. The van der Waals surface area contributed by atoms with Crippen molar-refractivity contribution < 1.29 is 0 Å². The van der Waals surface area contributed by atoms with Crippen LogP contribution in [-0.4, -0.2) is 14.1 Å². The first-order valence-electron chi connectivity index (χ1n) is 12.7. The monoisotopic (exact) mass is 529 g/mol. The van der Waals surface area contributed by atoms with Crippen molar-refractivity contribution >= 4 is 48.8 Å². The Morgan fingerprint density at radius 1 is 0.771 bits per heavy atom. The van der Waals surface area contributed by atoms with Gasteiger partial charge in [-0.15, -0.1) is 0 Å². The number of imidazole rings is 1. The van der Waals surface area contributed by atoms with Gasteiger partial charge in [-0.25, -0.2) is 4.98 Å². The van der Waals surface area contributed by atoms with E-state index in [1.165, 1.54) is 38.4 Å². The molecule has 0 atom stereocenters. The molecule has 0 radical (unpaired) electrons. The topological polar surface area (TPSA) is 22.8 Å². The highest BCUT2D eigenvalue weighted by atomic mass is 79.9. The van der Waals surface area contributed by atoms with Gasteiger partial charge in [-0.3, -0.25) is 4.57 Å². The molecule has 182 valence electrons. The van der Waals surface area contributed by atoms with Crippen LogP contribution >= 0.6 is 15.9 Å². The number of aromatic nitrogens is 3. The molecule has 3 aromatic carbocycles. The van der Waals surface area contributed by atoms with Gasteiger partial charge in [-0.05, 0) is 80.7 Å². The third-order valence-corrected chi connectivity index (χ3v) is 7.78. The van der Waals surface area contributed by atoms with Crippen LogP contribution in [0.5, 0.6) is 0 Å². The second kappa shape index (κ2) is 8.51. The van der Waals surface area contributed by atoms with E-state index >= 15 is 0 Å². The Labute approximate surface area is 217 Å². The van der Waals surface area contributed by atoms with Crippen molar-refractivity contribution in [2.75, 3.05) is 0 Å². The van der Waals surface area contributed by atoms with Gasteiger partial charge >= 0.3 is 0 Å². The number of benzene rings is 3. The van der Waals surface area contributed by atoms with E-state index in [9.17, 15) is 0 Å². The molecular formula is C31H36BrN3. The molecule has 2 heterocycles. The molecule has 0 spiro atoms. The SMILES string of the molecule is CCCCn1c(-n2c3ccc(C(C)(C)C)cc3c3cc(C(C)(C)C)ccc32)nc2c(Br)cccc21. The van der Waals surface area contributed by atoms with Crippen molar-refractivity contribution in [1.29, 1.82) is 0 Å². The van der Waals surface area contributed by atoms with Gasteiger partial charge < -0.3 is 4.57 Å². The number of para-hydroxylation sites is 1. The average Bonchev–Trinajstić information content (AvgIpc) is 3.31. The summed E-state index contributed by atoms with van der Waals surface area (Å²) < 4.78 is 5.82. The molecule has 2 aromatic heterocycles. The summed E-state index contributed by atoms with van der Waals surface area (Å²) in [6.07, 6.45) is 2.26. The van der Waals surface area contributed by atoms with Crippen LogP contribution in [0.2, 0.25) is 0 Å². The van der Waals surface area contributed by atoms with E-state index < -0.39 is 0 Å². The number of hydrogen-bond donors (Lipinski definition) is 0. The summed E-state index contributed by atoms with van der Waals surface area (Å²) in [5.74, 6) is 0.993. The maximum Gasteiger partial charge on any atom is 0.215 e. The zero-order valence-corrected chi connectivity index (χ0v) is 23.6. The van der Waals surface area contributed by atoms with Crippen LogP contribution < -0.4 is 0 Å². The fourth-order valence-corrected chi connectivity index (χ4v) is 5.42. The molecule has 4 heteroatoms. The van der Waals surface area contributed by atoms with Crippen molar-refractivity contribution in [3.05, 3.63) is 70.2 Å². The van der Waals surface area contributed by atoms with Crippen LogP contribution in [0.15, 0.2) is 59.1 Å². The molecule has 0 fully saturated rings. The van der Waals surface area contributed by atoms with Gasteiger partial charge in [0.2, 0.25) is 5.95 Å². The number of hydrogen-bond acceptors (Lipinski definition) is 1. The molecule has 0 saturated carbocycles. The van der Waals surface area contributed by atoms with Crippen molar-refractivity contribution in [3.8, 4) is 5.95 Å². The lowest BCUT2D eigenvalue weighted by Crippen LogP contribution is -2.11. The Balaban J connectivity index is 1.91. The molecule has 35 heavy (non-hydrogen) atoms. The fourth-order valence-electron chi connectivity index (χ4n) is 4.98. The molecule has 0 unspecified atom stereocenters. The Morgan fingerprint density at radius 3 is 1.86 bits per heavy atom. The molecule has 5 rings (SSSR count). The van der Waals surface area contributed by atoms with E-state index in [1.807, 2.05) is 0 Å². The molecule has 0 bridgehead atoms. The predicted molar refractivity (Wildman–Crippen MR) is 154 cm³/mol. The summed E-state index contributed by atoms with van der Waals surface area (Å²) in [5.41, 5.74) is 7.50. The van der Waals surface area contributed by atoms with Gasteiger partial charge in [-0.2, -0.15) is 0 Å². The number of fused-ring (bicyclic) bond motifs is 4. The smallest absolute Gasteiger partial charge is 0.215 e. The largest absolute Gasteiger partial charge is 0.309 e. The van der Waals surface area contributed by atoms with Gasteiger partial charge in [0.15, 0.2) is 0 Å². The Bertz CT molecular complexity index is 1480. The summed E-state index contributed by atoms with van der Waals surface area (Å²) in [4.78, 5) is 5.23. The molecule has 0 aliphatic carbocycles. The van der Waals surface area contributed by atoms with Crippen LogP contribution in [0.3, 0.4) is 0 Å². The quantitative estimate of drug-likeness (QED) is 0.227. The standard InChI is InChI=1S/C31H36BrN3/c1-8-9-17-34-27-12-10-11-24(32)28(27)33-29(34)35-25-15-13-20(30(2,3)4)18-22(25)23-19-21(31(5,6)7)14-16-26(23)35/h10-16,18-19H,8-9,17H2,1-7H3. The summed E-state index contributed by atoms with van der Waals surface area (Å²) >= 11 is 3.75. The van der Waals surface area contributed by atoms with Gasteiger partial charge in [0.25, 0.3) is 0 Å². The highest BCUT2D eigenvalue weighted by Gasteiger charge is 2.23. The van der Waals surface area contributed by atoms with Gasteiger partial charge in [0.05, 0.1) is 16.6 Å². The van der Waals surface area contributed by atoms with E-state index in [0.717, 1.165) is 35.3 Å². The van der Waals surface area contributed by atoms with Crippen molar-refractivity contribution in [3.63, 3.8) is 0 Å². The Hall–Kier alpha value is -2.59. The second-order valence-corrected chi connectivity index (χ2v) is 12.7. The van der Waals surface area contributed by atoms with Crippen molar-refractivity contribution in [2.24, 2.45) is 0 Å². The molecule has 0 saturated heterocycles. The van der Waals surface area contributed by atoms with Crippen LogP contribution in [0.25, 0.3) is 38.8 Å². The number of unbranched alkanes of at least 4 members (excludes halogenated alkanes) is 1. The van der Waals surface area contributed by atoms with E-state index in [4.69, 9.17) is 4.98 Å². The van der Waals surface area contributed by atoms with Crippen LogP contribution in [0.1, 0.15) is 72.4 Å². The van der Waals surface area contributed by atoms with Crippen LogP contribution in [-0.2, 0) is 17.4 Å². The fraction of sp³-hybridized carbons (Fsp3) is 0.387. The van der Waals surface area contributed by atoms with Gasteiger partial charge in [-0.1, -0.05) is 73.1 Å². The molecule has 0 N–H and O–H groups in total. The van der Waals surface area contributed by atoms with Crippen molar-refractivity contribution in [1.82, 2.24) is 14.1 Å². The van der Waals surface area contributed by atoms with E-state index in [0.29, 0.717) is 0 Å². The summed E-state index contributed by atoms with van der Waals surface area (Å²) in [7, 11) is 0. The third kappa shape index (κ3) is 4.10. The lowest BCUT2D eigenvalue weighted by atomic mass is 9.85. The normalized spacial score (nSPS) is 12.9. The van der Waals surface area contributed by atoms with Crippen LogP contribution in [0, 0.1) is 0 Å². The highest BCUT2D eigenvalue weighted by Crippen LogP contribution is 2.38. The minimum Gasteiger partial charge on any atom is -0.309 e. The summed E-state index contributed by atoms with van der Waals surface area (Å²) in [6, 6.07) is 20.4. The maximum atomic E-state index is 5.23. The van der Waals surface area contributed by atoms with Gasteiger partial charge in [0, 0.05) is 21.8 Å². The Morgan fingerprint density at radius 2 is 1.34 bits per heavy atom. The molecule has 0 aliphatic rings. The van der Waals surface area contributed by atoms with Gasteiger partial charge in [0.1, 0.15) is 5.52 Å². The summed E-state index contributed by atoms with van der Waals surface area (Å²) in [6.45, 7) is 16.9. The maximum absolute atomic E-state index is 5.23. The predicted octanol–water partition coefficient (Wildman–Crippen LogP) is 9.29. The minimum atomic E-state index is 0.0867. The first-order valence-corrected chi connectivity index (χ1v) is 13.5. The molecule has 5 aromatic rings.